The summed E-state index contributed by atoms with van der Waals surface area (Å²) in [5.41, 5.74) is 1.63. The van der Waals surface area contributed by atoms with Crippen molar-refractivity contribution in [1.29, 1.82) is 0 Å². The van der Waals surface area contributed by atoms with Crippen molar-refractivity contribution in [2.24, 2.45) is 0 Å². The molecule has 2 heterocycles. The number of hydrogen-bond donors (Lipinski definition) is 2. The highest BCUT2D eigenvalue weighted by atomic mass is 79.9. The standard InChI is InChI=1S/C7H6BrN3O/c8-4-1-9-2-5-7(4)11-6(3-12)10-5/h1-2,12H,3H2,(H,10,11). The number of imidazole rings is 1. The first-order valence-electron chi connectivity index (χ1n) is 3.40. The molecular weight excluding hydrogens is 222 g/mol. The number of nitrogens with zero attached hydrogens (tertiary/aromatic N) is 2. The van der Waals surface area contributed by atoms with Crippen LogP contribution in [0.1, 0.15) is 5.82 Å². The smallest absolute Gasteiger partial charge is 0.133 e. The van der Waals surface area contributed by atoms with Crippen LogP contribution in [0.3, 0.4) is 0 Å². The summed E-state index contributed by atoms with van der Waals surface area (Å²) in [7, 11) is 0. The van der Waals surface area contributed by atoms with Gasteiger partial charge >= 0.3 is 0 Å². The number of aromatic amines is 1. The molecule has 0 saturated carbocycles. The van der Waals surface area contributed by atoms with Crippen LogP contribution < -0.4 is 0 Å². The van der Waals surface area contributed by atoms with Gasteiger partial charge in [-0.15, -0.1) is 0 Å². The van der Waals surface area contributed by atoms with Crippen LogP contribution in [0.25, 0.3) is 11.0 Å². The molecule has 62 valence electrons. The first kappa shape index (κ1) is 7.70. The maximum atomic E-state index is 8.80. The molecule has 0 fully saturated rings. The van der Waals surface area contributed by atoms with E-state index in [9.17, 15) is 0 Å². The Kier molecular flexibility index (Phi) is 1.82. The molecule has 2 rings (SSSR count). The van der Waals surface area contributed by atoms with Crippen molar-refractivity contribution < 1.29 is 5.11 Å². The molecule has 2 aromatic rings. The van der Waals surface area contributed by atoms with Crippen molar-refractivity contribution in [2.75, 3.05) is 0 Å². The molecule has 12 heavy (non-hydrogen) atoms. The van der Waals surface area contributed by atoms with E-state index in [2.05, 4.69) is 30.9 Å². The first-order valence-corrected chi connectivity index (χ1v) is 4.19. The zero-order valence-corrected chi connectivity index (χ0v) is 7.67. The van der Waals surface area contributed by atoms with Gasteiger partial charge in [-0.2, -0.15) is 0 Å². The lowest BCUT2D eigenvalue weighted by molar-refractivity contribution is 0.273. The van der Waals surface area contributed by atoms with Crippen molar-refractivity contribution in [3.8, 4) is 0 Å². The van der Waals surface area contributed by atoms with Gasteiger partial charge in [0.2, 0.25) is 0 Å². The van der Waals surface area contributed by atoms with Gasteiger partial charge in [0, 0.05) is 6.20 Å². The Balaban J connectivity index is 2.74. The highest BCUT2D eigenvalue weighted by Gasteiger charge is 2.04. The Morgan fingerprint density at radius 1 is 1.50 bits per heavy atom. The Morgan fingerprint density at radius 3 is 3.00 bits per heavy atom. The molecule has 0 aliphatic heterocycles. The molecule has 0 unspecified atom stereocenters. The van der Waals surface area contributed by atoms with Gasteiger partial charge in [-0.05, 0) is 15.9 Å². The van der Waals surface area contributed by atoms with Crippen molar-refractivity contribution >= 4 is 27.0 Å². The summed E-state index contributed by atoms with van der Waals surface area (Å²) >= 11 is 3.31. The third kappa shape index (κ3) is 1.11. The summed E-state index contributed by atoms with van der Waals surface area (Å²) in [5.74, 6) is 0.554. The molecule has 0 aliphatic carbocycles. The second-order valence-electron chi connectivity index (χ2n) is 2.36. The molecule has 0 saturated heterocycles. The number of nitrogens with one attached hydrogen (secondary N) is 1. The molecule has 5 heteroatoms. The maximum absolute atomic E-state index is 8.80. The minimum absolute atomic E-state index is 0.0822. The van der Waals surface area contributed by atoms with E-state index in [4.69, 9.17) is 5.11 Å². The van der Waals surface area contributed by atoms with Gasteiger partial charge in [0.1, 0.15) is 17.9 Å². The lowest BCUT2D eigenvalue weighted by Crippen LogP contribution is -1.83. The summed E-state index contributed by atoms with van der Waals surface area (Å²) in [4.78, 5) is 11.0. The number of aliphatic hydroxyl groups excluding tert-OH is 1. The predicted octanol–water partition coefficient (Wildman–Crippen LogP) is 1.21. The van der Waals surface area contributed by atoms with Gasteiger partial charge in [-0.1, -0.05) is 0 Å². The molecule has 0 atom stereocenters. The van der Waals surface area contributed by atoms with Crippen LogP contribution in [0, 0.1) is 0 Å². The first-order chi connectivity index (χ1) is 5.81. The number of rotatable bonds is 1. The Labute approximate surface area is 76.8 Å². The van der Waals surface area contributed by atoms with E-state index in [1.165, 1.54) is 0 Å². The molecule has 0 radical (unpaired) electrons. The minimum atomic E-state index is -0.0822. The zero-order chi connectivity index (χ0) is 8.55. The lowest BCUT2D eigenvalue weighted by atomic mass is 10.4. The highest BCUT2D eigenvalue weighted by molar-refractivity contribution is 9.10. The van der Waals surface area contributed by atoms with Crippen LogP contribution in [-0.4, -0.2) is 20.1 Å². The molecule has 0 spiro atoms. The van der Waals surface area contributed by atoms with E-state index in [1.807, 2.05) is 0 Å². The summed E-state index contributed by atoms with van der Waals surface area (Å²) in [6, 6.07) is 0. The second-order valence-corrected chi connectivity index (χ2v) is 3.21. The van der Waals surface area contributed by atoms with Crippen molar-refractivity contribution in [1.82, 2.24) is 15.0 Å². The number of hydrogen-bond acceptors (Lipinski definition) is 3. The molecule has 0 aliphatic rings. The van der Waals surface area contributed by atoms with Crippen LogP contribution in [-0.2, 0) is 6.61 Å². The highest BCUT2D eigenvalue weighted by Crippen LogP contribution is 2.19. The number of H-pyrrole nitrogens is 1. The van der Waals surface area contributed by atoms with E-state index >= 15 is 0 Å². The van der Waals surface area contributed by atoms with Gasteiger partial charge in [0.15, 0.2) is 0 Å². The van der Waals surface area contributed by atoms with Crippen molar-refractivity contribution in [3.05, 3.63) is 22.7 Å². The van der Waals surface area contributed by atoms with E-state index in [0.717, 1.165) is 15.5 Å². The lowest BCUT2D eigenvalue weighted by Gasteiger charge is -1.87. The third-order valence-corrected chi connectivity index (χ3v) is 2.13. The fourth-order valence-corrected chi connectivity index (χ4v) is 1.45. The fourth-order valence-electron chi connectivity index (χ4n) is 1.03. The van der Waals surface area contributed by atoms with E-state index < -0.39 is 0 Å². The van der Waals surface area contributed by atoms with E-state index in [-0.39, 0.29) is 6.61 Å². The Hall–Kier alpha value is -0.940. The second kappa shape index (κ2) is 2.84. The summed E-state index contributed by atoms with van der Waals surface area (Å²) in [5, 5.41) is 8.80. The van der Waals surface area contributed by atoms with Gasteiger partial charge in [-0.25, -0.2) is 4.98 Å². The van der Waals surface area contributed by atoms with Crippen LogP contribution >= 0.6 is 15.9 Å². The van der Waals surface area contributed by atoms with Crippen LogP contribution in [0.15, 0.2) is 16.9 Å². The maximum Gasteiger partial charge on any atom is 0.133 e. The SMILES string of the molecule is OCc1nc2c(Br)cncc2[nH]1. The molecule has 0 bridgehead atoms. The van der Waals surface area contributed by atoms with Gasteiger partial charge in [0.25, 0.3) is 0 Å². The van der Waals surface area contributed by atoms with E-state index in [0.29, 0.717) is 5.82 Å². The summed E-state index contributed by atoms with van der Waals surface area (Å²) in [6.45, 7) is -0.0822. The quantitative estimate of drug-likeness (QED) is 0.771. The average Bonchev–Trinajstić information content (AvgIpc) is 2.49. The van der Waals surface area contributed by atoms with Gasteiger partial charge in [-0.3, -0.25) is 4.98 Å². The predicted molar refractivity (Wildman–Crippen MR) is 47.5 cm³/mol. The number of fused-ring (bicyclic) bond motifs is 1. The normalized spacial score (nSPS) is 10.8. The van der Waals surface area contributed by atoms with Gasteiger partial charge in [0.05, 0.1) is 16.2 Å². The Bertz CT molecular complexity index is 412. The van der Waals surface area contributed by atoms with Crippen molar-refractivity contribution in [3.63, 3.8) is 0 Å². The van der Waals surface area contributed by atoms with Crippen LogP contribution in [0.2, 0.25) is 0 Å². The monoisotopic (exact) mass is 227 g/mol. The van der Waals surface area contributed by atoms with Crippen molar-refractivity contribution in [2.45, 2.75) is 6.61 Å². The third-order valence-electron chi connectivity index (χ3n) is 1.55. The van der Waals surface area contributed by atoms with Crippen LogP contribution in [0.5, 0.6) is 0 Å². The topological polar surface area (TPSA) is 61.8 Å². The molecule has 0 amide bonds. The Morgan fingerprint density at radius 2 is 2.33 bits per heavy atom. The average molecular weight is 228 g/mol. The zero-order valence-electron chi connectivity index (χ0n) is 6.08. The molecular formula is C7H6BrN3O. The summed E-state index contributed by atoms with van der Waals surface area (Å²) < 4.78 is 0.830. The number of halogens is 1. The van der Waals surface area contributed by atoms with E-state index in [1.54, 1.807) is 12.4 Å². The fraction of sp³-hybridized carbons (Fsp3) is 0.143. The number of pyridine rings is 1. The molecule has 0 aromatic carbocycles. The summed E-state index contributed by atoms with van der Waals surface area (Å²) in [6.07, 6.45) is 3.34. The van der Waals surface area contributed by atoms with Gasteiger partial charge < -0.3 is 10.1 Å². The number of aromatic nitrogens is 3. The molecule has 2 aromatic heterocycles. The van der Waals surface area contributed by atoms with Crippen LogP contribution in [0.4, 0.5) is 0 Å². The number of aliphatic hydroxyl groups is 1. The largest absolute Gasteiger partial charge is 0.388 e. The molecule has 4 nitrogen and oxygen atoms in total. The molecule has 2 N–H and O–H groups in total. The minimum Gasteiger partial charge on any atom is -0.388 e.